The number of non-ortho nitro benzene ring substituents is 1. The van der Waals surface area contributed by atoms with Gasteiger partial charge in [0.25, 0.3) is 17.5 Å². The number of esters is 1. The van der Waals surface area contributed by atoms with Crippen molar-refractivity contribution in [3.05, 3.63) is 92.8 Å². The smallest absolute Gasteiger partial charge is 0.338 e. The molecule has 0 saturated carbocycles. The quantitative estimate of drug-likeness (QED) is 0.337. The highest BCUT2D eigenvalue weighted by Crippen LogP contribution is 2.21. The summed E-state index contributed by atoms with van der Waals surface area (Å²) >= 11 is 0. The number of benzene rings is 2. The zero-order chi connectivity index (χ0) is 24.1. The number of carbonyl (C=O) groups is 3. The molecule has 10 nitrogen and oxygen atoms in total. The maximum Gasteiger partial charge on any atom is 0.338 e. The predicted octanol–water partition coefficient (Wildman–Crippen LogP) is 3.25. The Kier molecular flexibility index (Phi) is 6.87. The number of hydrogen-bond donors (Lipinski definition) is 2. The fourth-order valence-corrected chi connectivity index (χ4v) is 3.40. The number of nitro benzene ring substituents is 1. The lowest BCUT2D eigenvalue weighted by atomic mass is 10.1. The zero-order valence-electron chi connectivity index (χ0n) is 18.2. The van der Waals surface area contributed by atoms with Gasteiger partial charge in [-0.2, -0.15) is 0 Å². The fraction of sp³-hybridized carbons (Fsp3) is 0.174. The lowest BCUT2D eigenvalue weighted by Gasteiger charge is -2.11. The van der Waals surface area contributed by atoms with Gasteiger partial charge in [0.2, 0.25) is 0 Å². The van der Waals surface area contributed by atoms with Crippen LogP contribution in [0, 0.1) is 24.0 Å². The van der Waals surface area contributed by atoms with E-state index in [-0.39, 0.29) is 17.7 Å². The Hall–Kier alpha value is -4.47. The van der Waals surface area contributed by atoms with Crippen LogP contribution in [0.3, 0.4) is 0 Å². The van der Waals surface area contributed by atoms with E-state index in [2.05, 4.69) is 10.9 Å². The van der Waals surface area contributed by atoms with Crippen molar-refractivity contribution in [2.75, 3.05) is 6.61 Å². The summed E-state index contributed by atoms with van der Waals surface area (Å²) < 4.78 is 6.76. The largest absolute Gasteiger partial charge is 0.462 e. The van der Waals surface area contributed by atoms with Gasteiger partial charge in [0.1, 0.15) is 0 Å². The summed E-state index contributed by atoms with van der Waals surface area (Å²) in [6.07, 6.45) is 0. The Morgan fingerprint density at radius 2 is 1.61 bits per heavy atom. The predicted molar refractivity (Wildman–Crippen MR) is 119 cm³/mol. The second kappa shape index (κ2) is 9.77. The Morgan fingerprint density at radius 3 is 2.24 bits per heavy atom. The van der Waals surface area contributed by atoms with Crippen LogP contribution in [0.2, 0.25) is 0 Å². The van der Waals surface area contributed by atoms with Gasteiger partial charge < -0.3 is 9.30 Å². The molecule has 0 aliphatic carbocycles. The number of ether oxygens (including phenoxy) is 1. The Bertz CT molecular complexity index is 1230. The summed E-state index contributed by atoms with van der Waals surface area (Å²) in [5.74, 6) is -2.18. The molecule has 0 saturated heterocycles. The van der Waals surface area contributed by atoms with Gasteiger partial charge in [-0.1, -0.05) is 18.2 Å². The molecular weight excluding hydrogens is 428 g/mol. The van der Waals surface area contributed by atoms with Gasteiger partial charge in [-0.15, -0.1) is 0 Å². The van der Waals surface area contributed by atoms with Gasteiger partial charge in [0.15, 0.2) is 0 Å². The third kappa shape index (κ3) is 5.06. The number of carbonyl (C=O) groups excluding carboxylic acids is 3. The first kappa shape index (κ1) is 23.2. The van der Waals surface area contributed by atoms with Gasteiger partial charge in [-0.3, -0.25) is 30.6 Å². The van der Waals surface area contributed by atoms with Crippen molar-refractivity contribution in [2.45, 2.75) is 20.8 Å². The number of aromatic nitrogens is 1. The maximum absolute atomic E-state index is 12.7. The SMILES string of the molecule is CCOC(=O)c1cc(C(=O)NNC(=O)c2cc(C)n(-c3ccccc3)c2C)cc([N+](=O)[O-])c1. The summed E-state index contributed by atoms with van der Waals surface area (Å²) in [6, 6.07) is 14.4. The van der Waals surface area contributed by atoms with E-state index in [1.807, 2.05) is 41.8 Å². The average Bonchev–Trinajstić information content (AvgIpc) is 3.11. The molecule has 0 atom stereocenters. The van der Waals surface area contributed by atoms with Crippen LogP contribution < -0.4 is 10.9 Å². The molecule has 0 spiro atoms. The van der Waals surface area contributed by atoms with E-state index in [1.165, 1.54) is 0 Å². The Balaban J connectivity index is 1.79. The minimum Gasteiger partial charge on any atom is -0.462 e. The standard InChI is InChI=1S/C23H22N4O6/c1-4-33-23(30)17-11-16(12-19(13-17)27(31)32)21(28)24-25-22(29)20-10-14(2)26(15(20)3)18-8-6-5-7-9-18/h5-13H,4H2,1-3H3,(H,24,28)(H,25,29). The number of para-hydroxylation sites is 1. The molecule has 2 N–H and O–H groups in total. The van der Waals surface area contributed by atoms with Crippen LogP contribution in [-0.2, 0) is 4.74 Å². The normalized spacial score (nSPS) is 10.4. The molecule has 0 unspecified atom stereocenters. The molecule has 0 radical (unpaired) electrons. The molecule has 0 bridgehead atoms. The molecule has 3 aromatic rings. The van der Waals surface area contributed by atoms with Crippen molar-refractivity contribution in [1.29, 1.82) is 0 Å². The van der Waals surface area contributed by atoms with E-state index in [1.54, 1.807) is 19.9 Å². The molecule has 3 rings (SSSR count). The minimum atomic E-state index is -0.825. The molecule has 0 aliphatic heterocycles. The number of amides is 2. The van der Waals surface area contributed by atoms with E-state index in [0.717, 1.165) is 29.6 Å². The first-order valence-corrected chi connectivity index (χ1v) is 10.0. The van der Waals surface area contributed by atoms with Gasteiger partial charge in [-0.25, -0.2) is 4.79 Å². The van der Waals surface area contributed by atoms with Crippen molar-refractivity contribution in [1.82, 2.24) is 15.4 Å². The maximum atomic E-state index is 12.7. The van der Waals surface area contributed by atoms with Crippen LogP contribution in [0.1, 0.15) is 49.4 Å². The van der Waals surface area contributed by atoms with Crippen molar-refractivity contribution in [3.8, 4) is 5.69 Å². The molecule has 0 fully saturated rings. The van der Waals surface area contributed by atoms with Crippen molar-refractivity contribution >= 4 is 23.5 Å². The van der Waals surface area contributed by atoms with Gasteiger partial charge >= 0.3 is 5.97 Å². The average molecular weight is 450 g/mol. The van der Waals surface area contributed by atoms with Crippen LogP contribution in [0.4, 0.5) is 5.69 Å². The first-order valence-electron chi connectivity index (χ1n) is 10.0. The highest BCUT2D eigenvalue weighted by molar-refractivity contribution is 6.01. The van der Waals surface area contributed by atoms with Gasteiger partial charge in [0.05, 0.1) is 22.7 Å². The fourth-order valence-electron chi connectivity index (χ4n) is 3.40. The van der Waals surface area contributed by atoms with Crippen LogP contribution >= 0.6 is 0 Å². The molecule has 33 heavy (non-hydrogen) atoms. The van der Waals surface area contributed by atoms with Crippen LogP contribution in [0.5, 0.6) is 0 Å². The van der Waals surface area contributed by atoms with E-state index in [0.29, 0.717) is 11.3 Å². The number of nitro groups is 1. The van der Waals surface area contributed by atoms with Crippen molar-refractivity contribution < 1.29 is 24.0 Å². The summed E-state index contributed by atoms with van der Waals surface area (Å²) in [6.45, 7) is 5.30. The van der Waals surface area contributed by atoms with E-state index in [9.17, 15) is 24.5 Å². The van der Waals surface area contributed by atoms with E-state index in [4.69, 9.17) is 4.74 Å². The monoisotopic (exact) mass is 450 g/mol. The minimum absolute atomic E-state index is 0.0699. The molecule has 2 amide bonds. The molecule has 1 heterocycles. The first-order chi connectivity index (χ1) is 15.7. The Morgan fingerprint density at radius 1 is 0.970 bits per heavy atom. The second-order valence-electron chi connectivity index (χ2n) is 7.11. The summed E-state index contributed by atoms with van der Waals surface area (Å²) in [4.78, 5) is 47.7. The van der Waals surface area contributed by atoms with Crippen molar-refractivity contribution in [2.24, 2.45) is 0 Å². The van der Waals surface area contributed by atoms with Gasteiger partial charge in [-0.05, 0) is 45.0 Å². The Labute approximate surface area is 189 Å². The van der Waals surface area contributed by atoms with E-state index < -0.39 is 28.4 Å². The number of hydrogen-bond acceptors (Lipinski definition) is 6. The molecule has 2 aromatic carbocycles. The zero-order valence-corrected chi connectivity index (χ0v) is 18.2. The lowest BCUT2D eigenvalue weighted by molar-refractivity contribution is -0.384. The lowest BCUT2D eigenvalue weighted by Crippen LogP contribution is -2.41. The molecular formula is C23H22N4O6. The van der Waals surface area contributed by atoms with Gasteiger partial charge in [0, 0.05) is 34.8 Å². The number of aryl methyl sites for hydroxylation is 1. The second-order valence-corrected chi connectivity index (χ2v) is 7.11. The third-order valence-corrected chi connectivity index (χ3v) is 4.88. The highest BCUT2D eigenvalue weighted by Gasteiger charge is 2.21. The number of rotatable bonds is 6. The summed E-state index contributed by atoms with van der Waals surface area (Å²) in [5, 5.41) is 11.2. The third-order valence-electron chi connectivity index (χ3n) is 4.88. The molecule has 10 heteroatoms. The number of nitrogens with one attached hydrogen (secondary N) is 2. The van der Waals surface area contributed by atoms with Crippen LogP contribution in [0.25, 0.3) is 5.69 Å². The van der Waals surface area contributed by atoms with Crippen LogP contribution in [0.15, 0.2) is 54.6 Å². The van der Waals surface area contributed by atoms with Crippen LogP contribution in [-0.4, -0.2) is 33.9 Å². The van der Waals surface area contributed by atoms with Crippen molar-refractivity contribution in [3.63, 3.8) is 0 Å². The highest BCUT2D eigenvalue weighted by atomic mass is 16.6. The molecule has 0 aliphatic rings. The summed E-state index contributed by atoms with van der Waals surface area (Å²) in [5.41, 5.74) is 6.51. The number of nitrogens with zero attached hydrogens (tertiary/aromatic N) is 2. The number of hydrazine groups is 1. The molecule has 1 aromatic heterocycles. The molecule has 170 valence electrons. The summed E-state index contributed by atoms with van der Waals surface area (Å²) in [7, 11) is 0. The topological polar surface area (TPSA) is 133 Å². The van der Waals surface area contributed by atoms with E-state index >= 15 is 0 Å².